The van der Waals surface area contributed by atoms with Crippen LogP contribution in [0, 0.1) is 13.8 Å². The SMILES string of the molecule is COc1ccc(Cl)cc1C(N)c1cc(C)oc1C. The molecule has 0 aliphatic rings. The molecule has 0 aliphatic heterocycles. The second-order valence-corrected chi connectivity index (χ2v) is 4.67. The van der Waals surface area contributed by atoms with Crippen molar-refractivity contribution in [2.45, 2.75) is 19.9 Å². The van der Waals surface area contributed by atoms with E-state index in [0.717, 1.165) is 28.4 Å². The molecular weight excluding hydrogens is 250 g/mol. The molecule has 0 saturated heterocycles. The van der Waals surface area contributed by atoms with Gasteiger partial charge in [-0.25, -0.2) is 0 Å². The minimum Gasteiger partial charge on any atom is -0.496 e. The molecule has 0 fully saturated rings. The number of aryl methyl sites for hydroxylation is 2. The number of rotatable bonds is 3. The van der Waals surface area contributed by atoms with Crippen molar-refractivity contribution in [2.24, 2.45) is 5.73 Å². The van der Waals surface area contributed by atoms with Crippen LogP contribution in [0.2, 0.25) is 5.02 Å². The first-order valence-corrected chi connectivity index (χ1v) is 6.06. The summed E-state index contributed by atoms with van der Waals surface area (Å²) in [7, 11) is 1.62. The Hall–Kier alpha value is -1.45. The highest BCUT2D eigenvalue weighted by Gasteiger charge is 2.19. The Balaban J connectivity index is 2.48. The Morgan fingerprint density at radius 2 is 1.94 bits per heavy atom. The van der Waals surface area contributed by atoms with Crippen LogP contribution in [-0.4, -0.2) is 7.11 Å². The van der Waals surface area contributed by atoms with Crippen molar-refractivity contribution >= 4 is 11.6 Å². The van der Waals surface area contributed by atoms with Gasteiger partial charge in [0.05, 0.1) is 13.2 Å². The molecule has 2 rings (SSSR count). The predicted octanol–water partition coefficient (Wildman–Crippen LogP) is 3.61. The Kier molecular flexibility index (Phi) is 3.64. The number of furan rings is 1. The van der Waals surface area contributed by atoms with Gasteiger partial charge in [0.2, 0.25) is 0 Å². The number of nitrogens with two attached hydrogens (primary N) is 1. The van der Waals surface area contributed by atoms with Crippen LogP contribution in [0.5, 0.6) is 5.75 Å². The van der Waals surface area contributed by atoms with Gasteiger partial charge in [0.15, 0.2) is 0 Å². The number of hydrogen-bond donors (Lipinski definition) is 1. The molecule has 2 aromatic rings. The molecule has 0 bridgehead atoms. The van der Waals surface area contributed by atoms with E-state index < -0.39 is 0 Å². The molecule has 3 nitrogen and oxygen atoms in total. The van der Waals surface area contributed by atoms with Gasteiger partial charge < -0.3 is 14.9 Å². The zero-order chi connectivity index (χ0) is 13.3. The molecule has 96 valence electrons. The molecule has 1 heterocycles. The first kappa shape index (κ1) is 13.0. The summed E-state index contributed by atoms with van der Waals surface area (Å²) < 4.78 is 10.8. The first-order chi connectivity index (χ1) is 8.52. The lowest BCUT2D eigenvalue weighted by Gasteiger charge is -2.15. The van der Waals surface area contributed by atoms with Crippen molar-refractivity contribution in [3.05, 3.63) is 51.9 Å². The fraction of sp³-hybridized carbons (Fsp3) is 0.286. The normalized spacial score (nSPS) is 12.5. The van der Waals surface area contributed by atoms with E-state index in [2.05, 4.69) is 0 Å². The monoisotopic (exact) mass is 265 g/mol. The van der Waals surface area contributed by atoms with Crippen LogP contribution in [0.3, 0.4) is 0 Å². The molecule has 1 aromatic carbocycles. The molecule has 1 atom stereocenters. The van der Waals surface area contributed by atoms with E-state index in [1.807, 2.05) is 32.0 Å². The average molecular weight is 266 g/mol. The van der Waals surface area contributed by atoms with Crippen molar-refractivity contribution in [1.82, 2.24) is 0 Å². The molecular formula is C14H16ClNO2. The number of halogens is 1. The highest BCUT2D eigenvalue weighted by molar-refractivity contribution is 6.30. The largest absolute Gasteiger partial charge is 0.496 e. The number of hydrogen-bond acceptors (Lipinski definition) is 3. The Labute approximate surface area is 111 Å². The minimum absolute atomic E-state index is 0.309. The van der Waals surface area contributed by atoms with Gasteiger partial charge in [-0.1, -0.05) is 11.6 Å². The molecule has 4 heteroatoms. The van der Waals surface area contributed by atoms with Crippen molar-refractivity contribution in [3.8, 4) is 5.75 Å². The van der Waals surface area contributed by atoms with Crippen LogP contribution >= 0.6 is 11.6 Å². The van der Waals surface area contributed by atoms with Gasteiger partial charge in [0.1, 0.15) is 17.3 Å². The highest BCUT2D eigenvalue weighted by atomic mass is 35.5. The predicted molar refractivity (Wildman–Crippen MR) is 72.2 cm³/mol. The Bertz CT molecular complexity index is 563. The third-order valence-electron chi connectivity index (χ3n) is 2.94. The molecule has 0 radical (unpaired) electrons. The van der Waals surface area contributed by atoms with Crippen molar-refractivity contribution in [2.75, 3.05) is 7.11 Å². The maximum atomic E-state index is 6.28. The molecule has 2 N–H and O–H groups in total. The Morgan fingerprint density at radius 3 is 2.50 bits per heavy atom. The van der Waals surface area contributed by atoms with Gasteiger partial charge in [-0.3, -0.25) is 0 Å². The number of methoxy groups -OCH3 is 1. The van der Waals surface area contributed by atoms with Crippen LogP contribution in [0.1, 0.15) is 28.7 Å². The van der Waals surface area contributed by atoms with Gasteiger partial charge in [0.25, 0.3) is 0 Å². The standard InChI is InChI=1S/C14H16ClNO2/c1-8-6-11(9(2)18-8)14(16)12-7-10(15)4-5-13(12)17-3/h4-7,14H,16H2,1-3H3. The summed E-state index contributed by atoms with van der Waals surface area (Å²) in [5.74, 6) is 2.39. The quantitative estimate of drug-likeness (QED) is 0.922. The zero-order valence-corrected chi connectivity index (χ0v) is 11.4. The molecule has 0 saturated carbocycles. The smallest absolute Gasteiger partial charge is 0.124 e. The summed E-state index contributed by atoms with van der Waals surface area (Å²) in [6.45, 7) is 3.80. The van der Waals surface area contributed by atoms with Crippen LogP contribution in [0.4, 0.5) is 0 Å². The van der Waals surface area contributed by atoms with Crippen LogP contribution in [0.25, 0.3) is 0 Å². The average Bonchev–Trinajstić information content (AvgIpc) is 2.67. The van der Waals surface area contributed by atoms with E-state index in [9.17, 15) is 0 Å². The summed E-state index contributed by atoms with van der Waals surface area (Å²) >= 11 is 6.02. The van der Waals surface area contributed by atoms with E-state index in [-0.39, 0.29) is 6.04 Å². The van der Waals surface area contributed by atoms with Crippen molar-refractivity contribution in [3.63, 3.8) is 0 Å². The van der Waals surface area contributed by atoms with Crippen molar-refractivity contribution < 1.29 is 9.15 Å². The highest BCUT2D eigenvalue weighted by Crippen LogP contribution is 2.33. The fourth-order valence-corrected chi connectivity index (χ4v) is 2.26. The molecule has 1 aromatic heterocycles. The Morgan fingerprint density at radius 1 is 1.22 bits per heavy atom. The molecule has 0 aliphatic carbocycles. The lowest BCUT2D eigenvalue weighted by Crippen LogP contribution is -2.13. The van der Waals surface area contributed by atoms with E-state index in [4.69, 9.17) is 26.5 Å². The lowest BCUT2D eigenvalue weighted by atomic mass is 9.99. The van der Waals surface area contributed by atoms with Crippen molar-refractivity contribution in [1.29, 1.82) is 0 Å². The summed E-state index contributed by atoms with van der Waals surface area (Å²) in [5, 5.41) is 0.638. The fourth-order valence-electron chi connectivity index (χ4n) is 2.08. The van der Waals surface area contributed by atoms with E-state index >= 15 is 0 Å². The van der Waals surface area contributed by atoms with Gasteiger partial charge in [0, 0.05) is 16.1 Å². The lowest BCUT2D eigenvalue weighted by molar-refractivity contribution is 0.407. The van der Waals surface area contributed by atoms with E-state index in [1.54, 1.807) is 13.2 Å². The summed E-state index contributed by atoms with van der Waals surface area (Å²) in [5.41, 5.74) is 8.08. The van der Waals surface area contributed by atoms with Crippen LogP contribution in [0.15, 0.2) is 28.7 Å². The topological polar surface area (TPSA) is 48.4 Å². The maximum Gasteiger partial charge on any atom is 0.124 e. The van der Waals surface area contributed by atoms with Gasteiger partial charge in [-0.05, 0) is 38.1 Å². The third kappa shape index (κ3) is 2.37. The van der Waals surface area contributed by atoms with E-state index in [1.165, 1.54) is 0 Å². The summed E-state index contributed by atoms with van der Waals surface area (Å²) in [4.78, 5) is 0. The minimum atomic E-state index is -0.309. The second-order valence-electron chi connectivity index (χ2n) is 4.23. The van der Waals surface area contributed by atoms with Gasteiger partial charge in [-0.15, -0.1) is 0 Å². The van der Waals surface area contributed by atoms with Crippen LogP contribution in [-0.2, 0) is 0 Å². The molecule has 0 amide bonds. The zero-order valence-electron chi connectivity index (χ0n) is 10.7. The van der Waals surface area contributed by atoms with E-state index in [0.29, 0.717) is 5.02 Å². The second kappa shape index (κ2) is 5.04. The molecule has 18 heavy (non-hydrogen) atoms. The van der Waals surface area contributed by atoms with Gasteiger partial charge in [-0.2, -0.15) is 0 Å². The number of benzene rings is 1. The van der Waals surface area contributed by atoms with Crippen LogP contribution < -0.4 is 10.5 Å². The maximum absolute atomic E-state index is 6.28. The summed E-state index contributed by atoms with van der Waals surface area (Å²) in [6, 6.07) is 7.06. The van der Waals surface area contributed by atoms with Gasteiger partial charge >= 0.3 is 0 Å². The molecule has 0 spiro atoms. The first-order valence-electron chi connectivity index (χ1n) is 5.69. The number of ether oxygens (including phenoxy) is 1. The summed E-state index contributed by atoms with van der Waals surface area (Å²) in [6.07, 6.45) is 0. The molecule has 1 unspecified atom stereocenters. The third-order valence-corrected chi connectivity index (χ3v) is 3.18.